The van der Waals surface area contributed by atoms with Crippen LogP contribution in [0.25, 0.3) is 0 Å². The summed E-state index contributed by atoms with van der Waals surface area (Å²) in [6, 6.07) is 16.2. The van der Waals surface area contributed by atoms with E-state index in [0.29, 0.717) is 44.2 Å². The second-order valence-electron chi connectivity index (χ2n) is 8.70. The van der Waals surface area contributed by atoms with Crippen LogP contribution in [0.2, 0.25) is 15.1 Å². The lowest BCUT2D eigenvalue weighted by atomic mass is 9.79. The number of fused-ring (bicyclic) bond motifs is 2. The Morgan fingerprint density at radius 1 is 1.11 bits per heavy atom. The standard InChI is InChI=1S/C25H20Cl3N3O4/c1-30-12-17(23(31(33)34)25(30)18-4-2-3-5-21(18)29-24(25)32)14-7-9-22(20(28)10-14)35-13-15-6-8-16(26)11-19(15)27/h2-11,17,23H,12-13H2,1H3,(H,29,32)/t17-,23-,25-/m1/s1. The third-order valence-electron chi connectivity index (χ3n) is 6.82. The molecule has 0 unspecified atom stereocenters. The van der Waals surface area contributed by atoms with Crippen LogP contribution in [0.4, 0.5) is 5.69 Å². The van der Waals surface area contributed by atoms with Crippen molar-refractivity contribution in [2.75, 3.05) is 18.9 Å². The number of hydrogen-bond acceptors (Lipinski definition) is 5. The van der Waals surface area contributed by atoms with E-state index in [1.165, 1.54) is 0 Å². The zero-order chi connectivity index (χ0) is 24.9. The highest BCUT2D eigenvalue weighted by Gasteiger charge is 2.68. The van der Waals surface area contributed by atoms with E-state index in [1.54, 1.807) is 72.6 Å². The largest absolute Gasteiger partial charge is 0.487 e. The minimum atomic E-state index is -1.41. The first-order valence-corrected chi connectivity index (χ1v) is 12.0. The van der Waals surface area contributed by atoms with Crippen LogP contribution < -0.4 is 10.1 Å². The van der Waals surface area contributed by atoms with Gasteiger partial charge >= 0.3 is 0 Å². The van der Waals surface area contributed by atoms with E-state index in [4.69, 9.17) is 39.5 Å². The maximum Gasteiger partial charge on any atom is 0.256 e. The van der Waals surface area contributed by atoms with Crippen LogP contribution in [0.1, 0.15) is 22.6 Å². The number of nitrogens with zero attached hydrogens (tertiary/aromatic N) is 2. The number of likely N-dealkylation sites (tertiary alicyclic amines) is 1. The molecule has 7 nitrogen and oxygen atoms in total. The number of carbonyl (C=O) groups excluding carboxylic acids is 1. The van der Waals surface area contributed by atoms with E-state index in [9.17, 15) is 14.9 Å². The lowest BCUT2D eigenvalue weighted by Crippen LogP contribution is -2.54. The lowest BCUT2D eigenvalue weighted by molar-refractivity contribution is -0.534. The van der Waals surface area contributed by atoms with Crippen molar-refractivity contribution in [1.29, 1.82) is 0 Å². The molecule has 2 heterocycles. The van der Waals surface area contributed by atoms with Gasteiger partial charge in [-0.2, -0.15) is 0 Å². The van der Waals surface area contributed by atoms with Crippen LogP contribution in [0.15, 0.2) is 60.7 Å². The van der Waals surface area contributed by atoms with Crippen molar-refractivity contribution in [3.8, 4) is 5.75 Å². The number of amides is 1. The summed E-state index contributed by atoms with van der Waals surface area (Å²) >= 11 is 18.7. The Bertz CT molecular complexity index is 1350. The van der Waals surface area contributed by atoms with E-state index in [0.717, 1.165) is 5.56 Å². The number of ether oxygens (including phenoxy) is 1. The van der Waals surface area contributed by atoms with Crippen molar-refractivity contribution >= 4 is 46.4 Å². The molecule has 1 fully saturated rings. The topological polar surface area (TPSA) is 84.7 Å². The summed E-state index contributed by atoms with van der Waals surface area (Å²) in [5.41, 5.74) is 1.21. The second kappa shape index (κ2) is 8.99. The Balaban J connectivity index is 1.46. The molecule has 0 aromatic heterocycles. The normalized spacial score (nSPS) is 23.4. The summed E-state index contributed by atoms with van der Waals surface area (Å²) < 4.78 is 5.85. The van der Waals surface area contributed by atoms with Gasteiger partial charge in [0, 0.05) is 38.3 Å². The highest BCUT2D eigenvalue weighted by Crippen LogP contribution is 2.52. The number of nitro groups is 1. The van der Waals surface area contributed by atoms with Crippen LogP contribution in [0.5, 0.6) is 5.75 Å². The molecule has 3 aromatic carbocycles. The Morgan fingerprint density at radius 2 is 1.89 bits per heavy atom. The smallest absolute Gasteiger partial charge is 0.256 e. The highest BCUT2D eigenvalue weighted by molar-refractivity contribution is 6.35. The number of halogens is 3. The van der Waals surface area contributed by atoms with Crippen molar-refractivity contribution in [2.24, 2.45) is 0 Å². The van der Waals surface area contributed by atoms with E-state index in [1.807, 2.05) is 0 Å². The van der Waals surface area contributed by atoms with E-state index < -0.39 is 23.4 Å². The summed E-state index contributed by atoms with van der Waals surface area (Å²) in [7, 11) is 1.74. The molecule has 1 amide bonds. The monoisotopic (exact) mass is 531 g/mol. The summed E-state index contributed by atoms with van der Waals surface area (Å²) in [6.45, 7) is 0.489. The van der Waals surface area contributed by atoms with Gasteiger partial charge in [0.25, 0.3) is 11.9 Å². The highest BCUT2D eigenvalue weighted by atomic mass is 35.5. The molecule has 0 radical (unpaired) electrons. The van der Waals surface area contributed by atoms with Gasteiger partial charge in [0.05, 0.1) is 10.9 Å². The predicted octanol–water partition coefficient (Wildman–Crippen LogP) is 5.75. The molecule has 3 atom stereocenters. The molecule has 5 rings (SSSR count). The van der Waals surface area contributed by atoms with Crippen molar-refractivity contribution in [1.82, 2.24) is 4.90 Å². The van der Waals surface area contributed by atoms with Crippen LogP contribution in [0, 0.1) is 10.1 Å². The fourth-order valence-corrected chi connectivity index (χ4v) is 5.95. The molecule has 0 aliphatic carbocycles. The van der Waals surface area contributed by atoms with Crippen molar-refractivity contribution in [2.45, 2.75) is 24.1 Å². The molecule has 180 valence electrons. The summed E-state index contributed by atoms with van der Waals surface area (Å²) in [5, 5.41) is 16.6. The number of anilines is 1. The van der Waals surface area contributed by atoms with Crippen molar-refractivity contribution in [3.05, 3.63) is 103 Å². The molecule has 1 spiro atoms. The van der Waals surface area contributed by atoms with Gasteiger partial charge in [0.15, 0.2) is 5.54 Å². The molecule has 0 bridgehead atoms. The number of benzene rings is 3. The first kappa shape index (κ1) is 23.9. The predicted molar refractivity (Wildman–Crippen MR) is 135 cm³/mol. The molecular weight excluding hydrogens is 513 g/mol. The molecule has 1 saturated heterocycles. The summed E-state index contributed by atoms with van der Waals surface area (Å²) in [4.78, 5) is 27.1. The van der Waals surface area contributed by atoms with Gasteiger partial charge in [-0.15, -0.1) is 0 Å². The molecule has 3 aromatic rings. The minimum absolute atomic E-state index is 0.179. The van der Waals surface area contributed by atoms with Gasteiger partial charge in [-0.05, 0) is 42.9 Å². The molecular formula is C25H20Cl3N3O4. The van der Waals surface area contributed by atoms with Gasteiger partial charge in [0.1, 0.15) is 12.4 Å². The van der Waals surface area contributed by atoms with E-state index in [-0.39, 0.29) is 11.5 Å². The van der Waals surface area contributed by atoms with Crippen molar-refractivity contribution < 1.29 is 14.5 Å². The molecule has 2 aliphatic rings. The number of hydrogen-bond donors (Lipinski definition) is 1. The molecule has 1 N–H and O–H groups in total. The van der Waals surface area contributed by atoms with Crippen LogP contribution in [-0.4, -0.2) is 35.4 Å². The zero-order valence-corrected chi connectivity index (χ0v) is 20.8. The Labute approximate surface area is 216 Å². The maximum atomic E-state index is 13.2. The number of nitrogens with one attached hydrogen (secondary N) is 1. The van der Waals surface area contributed by atoms with Gasteiger partial charge in [-0.25, -0.2) is 0 Å². The molecule has 2 aliphatic heterocycles. The quantitative estimate of drug-likeness (QED) is 0.334. The number of rotatable bonds is 5. The number of likely N-dealkylation sites (N-methyl/N-ethyl adjacent to an activating group) is 1. The van der Waals surface area contributed by atoms with Gasteiger partial charge < -0.3 is 10.1 Å². The molecule has 0 saturated carbocycles. The molecule has 35 heavy (non-hydrogen) atoms. The third-order valence-corrected chi connectivity index (χ3v) is 7.71. The molecule has 10 heteroatoms. The zero-order valence-electron chi connectivity index (χ0n) is 18.5. The van der Waals surface area contributed by atoms with Gasteiger partial charge in [-0.3, -0.25) is 19.8 Å². The van der Waals surface area contributed by atoms with Gasteiger partial charge in [-0.1, -0.05) is 65.1 Å². The first-order valence-electron chi connectivity index (χ1n) is 10.9. The summed E-state index contributed by atoms with van der Waals surface area (Å²) in [6.07, 6.45) is 0. The fraction of sp³-hybridized carbons (Fsp3) is 0.240. The fourth-order valence-electron chi connectivity index (χ4n) is 5.24. The lowest BCUT2D eigenvalue weighted by Gasteiger charge is -2.30. The van der Waals surface area contributed by atoms with Crippen LogP contribution in [-0.2, 0) is 16.9 Å². The minimum Gasteiger partial charge on any atom is -0.487 e. The van der Waals surface area contributed by atoms with E-state index >= 15 is 0 Å². The van der Waals surface area contributed by atoms with Gasteiger partial charge in [0.2, 0.25) is 0 Å². The third kappa shape index (κ3) is 3.83. The Morgan fingerprint density at radius 3 is 2.60 bits per heavy atom. The maximum absolute atomic E-state index is 13.2. The number of para-hydroxylation sites is 1. The number of carbonyl (C=O) groups is 1. The summed E-state index contributed by atoms with van der Waals surface area (Å²) in [5.74, 6) is -0.537. The van der Waals surface area contributed by atoms with Crippen LogP contribution in [0.3, 0.4) is 0 Å². The van der Waals surface area contributed by atoms with Crippen LogP contribution >= 0.6 is 34.8 Å². The van der Waals surface area contributed by atoms with Crippen molar-refractivity contribution in [3.63, 3.8) is 0 Å². The Hall–Kier alpha value is -2.84. The second-order valence-corrected chi connectivity index (χ2v) is 9.95. The van der Waals surface area contributed by atoms with E-state index in [2.05, 4.69) is 5.32 Å². The Kier molecular flexibility index (Phi) is 6.13. The average Bonchev–Trinajstić information content (AvgIpc) is 3.29. The average molecular weight is 533 g/mol. The first-order chi connectivity index (χ1) is 16.7. The SMILES string of the molecule is CN1C[C@H](c2ccc(OCc3ccc(Cl)cc3Cl)c(Cl)c2)[C@@H]([N+](=O)[O-])[C@]12C(=O)Nc1ccccc12.